The van der Waals surface area contributed by atoms with Crippen molar-refractivity contribution in [3.8, 4) is 0 Å². The molecule has 3 rings (SSSR count). The average Bonchev–Trinajstić information content (AvgIpc) is 2.76. The summed E-state index contributed by atoms with van der Waals surface area (Å²) in [5.74, 6) is 1.54. The molecule has 30 heavy (non-hydrogen) atoms. The van der Waals surface area contributed by atoms with Gasteiger partial charge in [0.25, 0.3) is 0 Å². The van der Waals surface area contributed by atoms with E-state index in [-0.39, 0.29) is 10.9 Å². The van der Waals surface area contributed by atoms with Crippen LogP contribution in [-0.4, -0.2) is 0 Å². The van der Waals surface area contributed by atoms with Crippen molar-refractivity contribution in [2.75, 3.05) is 0 Å². The number of hydrogen-bond acceptors (Lipinski definition) is 0. The number of halogens is 3. The highest BCUT2D eigenvalue weighted by Crippen LogP contribution is 2.38. The molecule has 0 saturated heterocycles. The Bertz CT molecular complexity index is 644. The Morgan fingerprint density at radius 2 is 1.47 bits per heavy atom. The Labute approximate surface area is 187 Å². The summed E-state index contributed by atoms with van der Waals surface area (Å²) in [5, 5.41) is -0.389. The molecule has 0 spiro atoms. The number of allylic oxidation sites excluding steroid dienone is 2. The third kappa shape index (κ3) is 7.08. The van der Waals surface area contributed by atoms with Crippen molar-refractivity contribution in [2.45, 2.75) is 103 Å². The molecule has 3 heteroatoms. The summed E-state index contributed by atoms with van der Waals surface area (Å²) in [6.07, 6.45) is 23.0. The number of unbranched alkanes of at least 4 members (excludes halogenated alkanes) is 2. The summed E-state index contributed by atoms with van der Waals surface area (Å²) >= 11 is 5.61. The van der Waals surface area contributed by atoms with Crippen molar-refractivity contribution in [3.63, 3.8) is 0 Å². The number of rotatable bonds is 9. The molecule has 0 aliphatic heterocycles. The predicted octanol–water partition coefficient (Wildman–Crippen LogP) is 9.62. The van der Waals surface area contributed by atoms with Gasteiger partial charge in [-0.3, -0.25) is 0 Å². The third-order valence-electron chi connectivity index (χ3n) is 7.58. The lowest BCUT2D eigenvalue weighted by molar-refractivity contribution is 0.250. The van der Waals surface area contributed by atoms with E-state index in [1.807, 2.05) is 0 Å². The zero-order chi connectivity index (χ0) is 21.3. The smallest absolute Gasteiger partial charge is 0.145 e. The SMILES string of the molecule is CCCCCC1CCC(CC/C=C/C2CCC(c3cc(F)c(Cl)c(F)c3)CC2)CC1. The standard InChI is InChI=1S/C27H39ClF2/c1-2-3-4-7-20-10-12-21(13-11-20)8-5-6-9-22-14-16-23(17-15-22)24-18-25(29)27(28)26(30)19-24/h6,9,18-23H,2-5,7-8,10-17H2,1H3/b9-6+. The highest BCUT2D eigenvalue weighted by Gasteiger charge is 2.23. The third-order valence-corrected chi connectivity index (χ3v) is 7.94. The molecule has 0 N–H and O–H groups in total. The quantitative estimate of drug-likeness (QED) is 0.205. The molecular weight excluding hydrogens is 398 g/mol. The highest BCUT2D eigenvalue weighted by molar-refractivity contribution is 6.30. The molecule has 1 aromatic rings. The maximum atomic E-state index is 13.7. The van der Waals surface area contributed by atoms with E-state index >= 15 is 0 Å². The molecule has 0 unspecified atom stereocenters. The highest BCUT2D eigenvalue weighted by atomic mass is 35.5. The fraction of sp³-hybridized carbons (Fsp3) is 0.704. The zero-order valence-electron chi connectivity index (χ0n) is 18.7. The lowest BCUT2D eigenvalue weighted by atomic mass is 9.77. The van der Waals surface area contributed by atoms with Crippen LogP contribution in [0.3, 0.4) is 0 Å². The first kappa shape index (κ1) is 23.8. The van der Waals surface area contributed by atoms with Gasteiger partial charge in [-0.05, 0) is 79.9 Å². The van der Waals surface area contributed by atoms with E-state index in [0.717, 1.165) is 43.1 Å². The zero-order valence-corrected chi connectivity index (χ0v) is 19.4. The summed E-state index contributed by atoms with van der Waals surface area (Å²) in [7, 11) is 0. The lowest BCUT2D eigenvalue weighted by Crippen LogP contribution is -2.14. The van der Waals surface area contributed by atoms with Crippen molar-refractivity contribution in [1.82, 2.24) is 0 Å². The van der Waals surface area contributed by atoms with Crippen LogP contribution >= 0.6 is 11.6 Å². The van der Waals surface area contributed by atoms with Gasteiger partial charge >= 0.3 is 0 Å². The summed E-state index contributed by atoms with van der Waals surface area (Å²) < 4.78 is 27.5. The van der Waals surface area contributed by atoms with E-state index in [4.69, 9.17) is 11.6 Å². The van der Waals surface area contributed by atoms with Crippen LogP contribution in [0.5, 0.6) is 0 Å². The van der Waals surface area contributed by atoms with Gasteiger partial charge in [0.1, 0.15) is 16.7 Å². The van der Waals surface area contributed by atoms with Crippen LogP contribution < -0.4 is 0 Å². The average molecular weight is 437 g/mol. The molecule has 2 saturated carbocycles. The molecule has 1 aromatic carbocycles. The first-order valence-electron chi connectivity index (χ1n) is 12.4. The van der Waals surface area contributed by atoms with Crippen LogP contribution in [0.1, 0.15) is 108 Å². The topological polar surface area (TPSA) is 0 Å². The van der Waals surface area contributed by atoms with Crippen LogP contribution in [0.15, 0.2) is 24.3 Å². The van der Waals surface area contributed by atoms with Crippen LogP contribution in [0, 0.1) is 29.4 Å². The molecule has 0 atom stereocenters. The molecule has 0 radical (unpaired) electrons. The van der Waals surface area contributed by atoms with Crippen molar-refractivity contribution in [2.24, 2.45) is 17.8 Å². The normalized spacial score (nSPS) is 27.6. The first-order valence-corrected chi connectivity index (χ1v) is 12.8. The summed E-state index contributed by atoms with van der Waals surface area (Å²) in [6.45, 7) is 2.29. The van der Waals surface area contributed by atoms with Crippen molar-refractivity contribution >= 4 is 11.6 Å². The molecule has 168 valence electrons. The first-order chi connectivity index (χ1) is 14.6. The number of hydrogen-bond donors (Lipinski definition) is 0. The minimum absolute atomic E-state index is 0.253. The molecule has 0 nitrogen and oxygen atoms in total. The molecule has 2 aliphatic carbocycles. The van der Waals surface area contributed by atoms with E-state index < -0.39 is 11.6 Å². The Balaban J connectivity index is 1.32. The molecule has 0 amide bonds. The van der Waals surface area contributed by atoms with E-state index in [1.165, 1.54) is 76.3 Å². The Morgan fingerprint density at radius 1 is 0.867 bits per heavy atom. The van der Waals surface area contributed by atoms with Crippen LogP contribution in [0.25, 0.3) is 0 Å². The van der Waals surface area contributed by atoms with Gasteiger partial charge in [-0.1, -0.05) is 82.0 Å². The summed E-state index contributed by atoms with van der Waals surface area (Å²) in [5.41, 5.74) is 0.766. The van der Waals surface area contributed by atoms with Gasteiger partial charge in [-0.15, -0.1) is 0 Å². The monoisotopic (exact) mass is 436 g/mol. The van der Waals surface area contributed by atoms with Gasteiger partial charge in [-0.2, -0.15) is 0 Å². The molecular formula is C27H39ClF2. The van der Waals surface area contributed by atoms with Gasteiger partial charge in [0.15, 0.2) is 0 Å². The molecule has 2 aliphatic rings. The largest absolute Gasteiger partial charge is 0.205 e. The predicted molar refractivity (Wildman–Crippen MR) is 124 cm³/mol. The van der Waals surface area contributed by atoms with Crippen LogP contribution in [0.2, 0.25) is 5.02 Å². The Morgan fingerprint density at radius 3 is 2.07 bits per heavy atom. The fourth-order valence-corrected chi connectivity index (χ4v) is 5.68. The molecule has 0 aromatic heterocycles. The lowest BCUT2D eigenvalue weighted by Gasteiger charge is -2.28. The van der Waals surface area contributed by atoms with Gasteiger partial charge in [0, 0.05) is 0 Å². The van der Waals surface area contributed by atoms with Gasteiger partial charge in [-0.25, -0.2) is 8.78 Å². The second kappa shape index (κ2) is 12.2. The van der Waals surface area contributed by atoms with Gasteiger partial charge < -0.3 is 0 Å². The Kier molecular flexibility index (Phi) is 9.68. The minimum Gasteiger partial charge on any atom is -0.205 e. The van der Waals surface area contributed by atoms with Crippen molar-refractivity contribution < 1.29 is 8.78 Å². The van der Waals surface area contributed by atoms with Gasteiger partial charge in [0.2, 0.25) is 0 Å². The molecule has 0 bridgehead atoms. The maximum absolute atomic E-state index is 13.7. The van der Waals surface area contributed by atoms with Gasteiger partial charge in [0.05, 0.1) is 0 Å². The van der Waals surface area contributed by atoms with E-state index in [0.29, 0.717) is 5.92 Å². The molecule has 2 fully saturated rings. The summed E-state index contributed by atoms with van der Waals surface area (Å²) in [4.78, 5) is 0. The number of benzene rings is 1. The maximum Gasteiger partial charge on any atom is 0.145 e. The second-order valence-corrected chi connectivity index (χ2v) is 10.2. The Hall–Kier alpha value is -0.890. The van der Waals surface area contributed by atoms with E-state index in [2.05, 4.69) is 19.1 Å². The van der Waals surface area contributed by atoms with E-state index in [1.54, 1.807) is 0 Å². The van der Waals surface area contributed by atoms with Crippen molar-refractivity contribution in [1.29, 1.82) is 0 Å². The molecule has 0 heterocycles. The van der Waals surface area contributed by atoms with Crippen LogP contribution in [0.4, 0.5) is 8.78 Å². The minimum atomic E-state index is -0.635. The second-order valence-electron chi connectivity index (χ2n) is 9.80. The summed E-state index contributed by atoms with van der Waals surface area (Å²) in [6, 6.07) is 2.84. The van der Waals surface area contributed by atoms with Crippen LogP contribution in [-0.2, 0) is 0 Å². The van der Waals surface area contributed by atoms with E-state index in [9.17, 15) is 8.78 Å². The van der Waals surface area contributed by atoms with Crippen molar-refractivity contribution in [3.05, 3.63) is 46.5 Å². The fourth-order valence-electron chi connectivity index (χ4n) is 5.57.